The van der Waals surface area contributed by atoms with Crippen LogP contribution in [0.3, 0.4) is 0 Å². The molecule has 20 heavy (non-hydrogen) atoms. The molecule has 0 radical (unpaired) electrons. The topological polar surface area (TPSA) is 20.3 Å². The van der Waals surface area contributed by atoms with Crippen molar-refractivity contribution in [2.24, 2.45) is 5.92 Å². The van der Waals surface area contributed by atoms with Crippen molar-refractivity contribution in [1.29, 1.82) is 0 Å². The summed E-state index contributed by atoms with van der Waals surface area (Å²) in [5.41, 5.74) is 0.870. The Morgan fingerprint density at radius 1 is 1.30 bits per heavy atom. The van der Waals surface area contributed by atoms with Crippen LogP contribution in [0.2, 0.25) is 0 Å². The number of rotatable bonds is 3. The van der Waals surface area contributed by atoms with Crippen molar-refractivity contribution in [3.8, 4) is 0 Å². The number of carbonyl (C=O) groups excluding carboxylic acids is 1. The van der Waals surface area contributed by atoms with Crippen LogP contribution < -0.4 is 0 Å². The Morgan fingerprint density at radius 3 is 2.85 bits per heavy atom. The fraction of sp³-hybridized carbons (Fsp3) is 0.500. The first kappa shape index (κ1) is 13.4. The van der Waals surface area contributed by atoms with Crippen LogP contribution in [0.1, 0.15) is 48.9 Å². The first-order valence-corrected chi connectivity index (χ1v) is 7.76. The molecular weight excluding hydrogens is 246 g/mol. The fourth-order valence-electron chi connectivity index (χ4n) is 4.24. The van der Waals surface area contributed by atoms with Crippen LogP contribution in [-0.4, -0.2) is 22.9 Å². The highest BCUT2D eigenvalue weighted by Gasteiger charge is 2.50. The minimum Gasteiger partial charge on any atom is -0.332 e. The zero-order valence-corrected chi connectivity index (χ0v) is 12.1. The summed E-state index contributed by atoms with van der Waals surface area (Å²) >= 11 is 0. The molecule has 1 saturated heterocycles. The summed E-state index contributed by atoms with van der Waals surface area (Å²) in [5.74, 6) is 0.874. The minimum absolute atomic E-state index is 0.0485. The van der Waals surface area contributed by atoms with Gasteiger partial charge in [0.15, 0.2) is 0 Å². The van der Waals surface area contributed by atoms with Crippen molar-refractivity contribution < 1.29 is 4.79 Å². The summed E-state index contributed by atoms with van der Waals surface area (Å²) in [7, 11) is 0. The molecule has 2 aliphatic rings. The van der Waals surface area contributed by atoms with Gasteiger partial charge in [0.05, 0.1) is 0 Å². The molecule has 1 amide bonds. The molecule has 2 fully saturated rings. The van der Waals surface area contributed by atoms with Crippen LogP contribution in [0, 0.1) is 5.92 Å². The molecule has 1 heterocycles. The van der Waals surface area contributed by atoms with Gasteiger partial charge in [-0.2, -0.15) is 0 Å². The summed E-state index contributed by atoms with van der Waals surface area (Å²) in [5, 5.41) is 0. The van der Waals surface area contributed by atoms with E-state index in [1.807, 2.05) is 36.4 Å². The van der Waals surface area contributed by atoms with Crippen molar-refractivity contribution in [3.63, 3.8) is 0 Å². The number of carbonyl (C=O) groups is 1. The van der Waals surface area contributed by atoms with Crippen LogP contribution >= 0.6 is 0 Å². The van der Waals surface area contributed by atoms with E-state index < -0.39 is 0 Å². The second-order valence-corrected chi connectivity index (χ2v) is 6.15. The first-order valence-electron chi connectivity index (χ1n) is 7.76. The second kappa shape index (κ2) is 5.43. The highest BCUT2D eigenvalue weighted by molar-refractivity contribution is 5.95. The highest BCUT2D eigenvalue weighted by Crippen LogP contribution is 2.48. The van der Waals surface area contributed by atoms with Gasteiger partial charge < -0.3 is 4.90 Å². The Morgan fingerprint density at radius 2 is 2.10 bits per heavy atom. The minimum atomic E-state index is 0.0485. The monoisotopic (exact) mass is 269 g/mol. The van der Waals surface area contributed by atoms with E-state index in [9.17, 15) is 4.79 Å². The number of benzene rings is 1. The molecule has 2 atom stereocenters. The van der Waals surface area contributed by atoms with Gasteiger partial charge in [-0.3, -0.25) is 4.79 Å². The van der Waals surface area contributed by atoms with Gasteiger partial charge in [-0.15, -0.1) is 6.58 Å². The first-order chi connectivity index (χ1) is 9.78. The summed E-state index contributed by atoms with van der Waals surface area (Å²) in [4.78, 5) is 15.0. The smallest absolute Gasteiger partial charge is 0.254 e. The van der Waals surface area contributed by atoms with Crippen LogP contribution in [0.5, 0.6) is 0 Å². The SMILES string of the molecule is C=CC[C@@]12CCCC[C@@H]1CCN2C(=O)c1ccccc1. The number of hydrogen-bond donors (Lipinski definition) is 0. The van der Waals surface area contributed by atoms with Gasteiger partial charge in [0, 0.05) is 17.6 Å². The van der Waals surface area contributed by atoms with Gasteiger partial charge in [0.2, 0.25) is 0 Å². The van der Waals surface area contributed by atoms with Gasteiger partial charge in [-0.25, -0.2) is 0 Å². The fourth-order valence-corrected chi connectivity index (χ4v) is 4.24. The number of hydrogen-bond acceptors (Lipinski definition) is 1. The van der Waals surface area contributed by atoms with E-state index >= 15 is 0 Å². The predicted octanol–water partition coefficient (Wildman–Crippen LogP) is 4.04. The van der Waals surface area contributed by atoms with Gasteiger partial charge in [0.1, 0.15) is 0 Å². The molecule has 1 aliphatic carbocycles. The van der Waals surface area contributed by atoms with Crippen LogP contribution in [-0.2, 0) is 0 Å². The van der Waals surface area contributed by atoms with Gasteiger partial charge in [-0.1, -0.05) is 37.1 Å². The summed E-state index contributed by atoms with van der Waals surface area (Å²) < 4.78 is 0. The van der Waals surface area contributed by atoms with E-state index in [-0.39, 0.29) is 11.4 Å². The number of likely N-dealkylation sites (tertiary alicyclic amines) is 1. The summed E-state index contributed by atoms with van der Waals surface area (Å²) in [6.07, 6.45) is 9.08. The number of amides is 1. The average Bonchev–Trinajstić information content (AvgIpc) is 2.87. The largest absolute Gasteiger partial charge is 0.332 e. The molecule has 3 rings (SSSR count). The molecule has 1 saturated carbocycles. The summed E-state index contributed by atoms with van der Waals surface area (Å²) in [6, 6.07) is 9.72. The zero-order chi connectivity index (χ0) is 14.0. The normalized spacial score (nSPS) is 29.0. The Hall–Kier alpha value is -1.57. The Balaban J connectivity index is 1.92. The van der Waals surface area contributed by atoms with Gasteiger partial charge >= 0.3 is 0 Å². The molecule has 0 N–H and O–H groups in total. The third-order valence-electron chi connectivity index (χ3n) is 5.17. The maximum Gasteiger partial charge on any atom is 0.254 e. The zero-order valence-electron chi connectivity index (χ0n) is 12.1. The number of fused-ring (bicyclic) bond motifs is 1. The molecule has 106 valence electrons. The van der Waals surface area contributed by atoms with Crippen LogP contribution in [0.15, 0.2) is 43.0 Å². The molecule has 0 spiro atoms. The van der Waals surface area contributed by atoms with Crippen molar-refractivity contribution >= 4 is 5.91 Å². The lowest BCUT2D eigenvalue weighted by Crippen LogP contribution is -2.51. The molecule has 1 aromatic rings. The van der Waals surface area contributed by atoms with Gasteiger partial charge in [-0.05, 0) is 43.7 Å². The van der Waals surface area contributed by atoms with Crippen LogP contribution in [0.25, 0.3) is 0 Å². The predicted molar refractivity (Wildman–Crippen MR) is 81.6 cm³/mol. The van der Waals surface area contributed by atoms with E-state index in [1.165, 1.54) is 19.3 Å². The second-order valence-electron chi connectivity index (χ2n) is 6.15. The molecular formula is C18H23NO. The maximum absolute atomic E-state index is 12.9. The molecule has 2 nitrogen and oxygen atoms in total. The molecule has 0 bridgehead atoms. The Labute approximate surface area is 121 Å². The van der Waals surface area contributed by atoms with E-state index in [4.69, 9.17) is 0 Å². The highest BCUT2D eigenvalue weighted by atomic mass is 16.2. The number of nitrogens with zero attached hydrogens (tertiary/aromatic N) is 1. The van der Waals surface area contributed by atoms with Crippen LogP contribution in [0.4, 0.5) is 0 Å². The third kappa shape index (κ3) is 2.07. The molecule has 1 aliphatic heterocycles. The lowest BCUT2D eigenvalue weighted by molar-refractivity contribution is 0.0413. The maximum atomic E-state index is 12.9. The summed E-state index contributed by atoms with van der Waals surface area (Å²) in [6.45, 7) is 4.85. The van der Waals surface area contributed by atoms with Crippen molar-refractivity contribution in [1.82, 2.24) is 4.90 Å². The van der Waals surface area contributed by atoms with E-state index in [0.29, 0.717) is 5.92 Å². The molecule has 2 heteroatoms. The lowest BCUT2D eigenvalue weighted by Gasteiger charge is -2.45. The Bertz CT molecular complexity index is 495. The van der Waals surface area contributed by atoms with E-state index in [1.54, 1.807) is 0 Å². The van der Waals surface area contributed by atoms with Crippen molar-refractivity contribution in [2.75, 3.05) is 6.54 Å². The molecule has 1 aromatic carbocycles. The average molecular weight is 269 g/mol. The van der Waals surface area contributed by atoms with Gasteiger partial charge in [0.25, 0.3) is 5.91 Å². The standard InChI is InChI=1S/C18H23NO/c1-2-12-18-13-7-6-10-16(18)11-14-19(18)17(20)15-8-4-3-5-9-15/h2-5,8-9,16H,1,6-7,10-14H2/t16-,18-/m1/s1. The third-order valence-corrected chi connectivity index (χ3v) is 5.17. The lowest BCUT2D eigenvalue weighted by atomic mass is 9.71. The van der Waals surface area contributed by atoms with Crippen molar-refractivity contribution in [2.45, 2.75) is 44.1 Å². The van der Waals surface area contributed by atoms with E-state index in [0.717, 1.165) is 31.4 Å². The Kier molecular flexibility index (Phi) is 3.64. The molecule has 0 unspecified atom stereocenters. The quantitative estimate of drug-likeness (QED) is 0.758. The van der Waals surface area contributed by atoms with E-state index in [2.05, 4.69) is 11.5 Å². The van der Waals surface area contributed by atoms with Crippen molar-refractivity contribution in [3.05, 3.63) is 48.6 Å². The molecule has 0 aromatic heterocycles.